The molecule has 156 valence electrons. The van der Waals surface area contributed by atoms with Gasteiger partial charge in [-0.1, -0.05) is 18.2 Å². The lowest BCUT2D eigenvalue weighted by Gasteiger charge is -2.37. The van der Waals surface area contributed by atoms with E-state index in [4.69, 9.17) is 4.74 Å². The zero-order valence-electron chi connectivity index (χ0n) is 17.4. The van der Waals surface area contributed by atoms with Gasteiger partial charge in [0.15, 0.2) is 0 Å². The molecule has 1 heterocycles. The largest absolute Gasteiger partial charge is 0.423 e. The number of benzene rings is 2. The van der Waals surface area contributed by atoms with Crippen molar-refractivity contribution in [2.45, 2.75) is 20.3 Å². The Kier molecular flexibility index (Phi) is 3.83. The van der Waals surface area contributed by atoms with Gasteiger partial charge in [-0.3, -0.25) is 14.5 Å². The molecule has 4 aliphatic carbocycles. The second-order valence-electron chi connectivity index (χ2n) is 9.43. The monoisotopic (exact) mass is 413 g/mol. The maximum absolute atomic E-state index is 13.2. The summed E-state index contributed by atoms with van der Waals surface area (Å²) < 4.78 is 5.51. The van der Waals surface area contributed by atoms with E-state index in [0.29, 0.717) is 28.8 Å². The SMILES string of the molecule is Cc1cc(C)cc(OC(=O)c2ccc(N3C(=O)[C@H]4[C@@H]5C=C[C@@H]([C@H]6C[C@H]56)[C@@H]4C3=O)cc2)c1. The van der Waals surface area contributed by atoms with Crippen LogP contribution in [-0.4, -0.2) is 17.8 Å². The van der Waals surface area contributed by atoms with Crippen LogP contribution in [0.15, 0.2) is 54.6 Å². The van der Waals surface area contributed by atoms with Crippen molar-refractivity contribution in [3.8, 4) is 5.75 Å². The Morgan fingerprint density at radius 1 is 0.871 bits per heavy atom. The third-order valence-electron chi connectivity index (χ3n) is 7.43. The molecule has 6 atom stereocenters. The first-order valence-corrected chi connectivity index (χ1v) is 10.9. The predicted octanol–water partition coefficient (Wildman–Crippen LogP) is 4.08. The summed E-state index contributed by atoms with van der Waals surface area (Å²) in [5, 5.41) is 0. The lowest BCUT2D eigenvalue weighted by atomic mass is 9.63. The number of allylic oxidation sites excluding steroid dienone is 2. The number of hydrogen-bond acceptors (Lipinski definition) is 4. The second-order valence-corrected chi connectivity index (χ2v) is 9.43. The van der Waals surface area contributed by atoms with Crippen molar-refractivity contribution in [3.63, 3.8) is 0 Å². The molecular formula is C26H23NO4. The molecule has 0 N–H and O–H groups in total. The summed E-state index contributed by atoms with van der Waals surface area (Å²) in [6, 6.07) is 12.2. The van der Waals surface area contributed by atoms with Gasteiger partial charge in [0.05, 0.1) is 23.1 Å². The number of anilines is 1. The highest BCUT2D eigenvalue weighted by atomic mass is 16.5. The fraction of sp³-hybridized carbons (Fsp3) is 0.346. The number of amides is 2. The van der Waals surface area contributed by atoms with Gasteiger partial charge < -0.3 is 4.74 Å². The quantitative estimate of drug-likeness (QED) is 0.329. The number of hydrogen-bond donors (Lipinski definition) is 0. The molecule has 0 spiro atoms. The molecule has 1 saturated heterocycles. The molecule has 2 aromatic carbocycles. The van der Waals surface area contributed by atoms with Crippen LogP contribution in [-0.2, 0) is 9.59 Å². The standard InChI is InChI=1S/C26H23NO4/c1-13-9-14(2)11-17(10-13)31-26(30)15-3-5-16(6-4-15)27-24(28)22-18-7-8-19(21-12-20(18)21)23(22)25(27)29/h3-11,18-23H,12H2,1-2H3/t18-,19+,20-,21-,22+,23+/m1/s1. The molecule has 2 amide bonds. The van der Waals surface area contributed by atoms with Gasteiger partial charge in [-0.15, -0.1) is 0 Å². The van der Waals surface area contributed by atoms with Gasteiger partial charge >= 0.3 is 5.97 Å². The zero-order chi connectivity index (χ0) is 21.4. The molecule has 0 radical (unpaired) electrons. The molecule has 31 heavy (non-hydrogen) atoms. The van der Waals surface area contributed by atoms with Gasteiger partial charge in [0.25, 0.3) is 0 Å². The first-order valence-electron chi connectivity index (χ1n) is 10.9. The van der Waals surface area contributed by atoms with Crippen LogP contribution in [0.25, 0.3) is 0 Å². The van der Waals surface area contributed by atoms with Crippen LogP contribution >= 0.6 is 0 Å². The van der Waals surface area contributed by atoms with E-state index in [1.807, 2.05) is 32.0 Å². The van der Waals surface area contributed by atoms with Gasteiger partial charge in [-0.25, -0.2) is 4.79 Å². The first kappa shape index (κ1) is 18.6. The summed E-state index contributed by atoms with van der Waals surface area (Å²) in [6.45, 7) is 3.90. The Hall–Kier alpha value is -3.21. The fourth-order valence-corrected chi connectivity index (χ4v) is 6.12. The highest BCUT2D eigenvalue weighted by Gasteiger charge is 2.67. The van der Waals surface area contributed by atoms with E-state index >= 15 is 0 Å². The molecule has 2 saturated carbocycles. The summed E-state index contributed by atoms with van der Waals surface area (Å²) in [5.41, 5.74) is 2.95. The van der Waals surface area contributed by atoms with Crippen molar-refractivity contribution >= 4 is 23.5 Å². The topological polar surface area (TPSA) is 63.7 Å². The summed E-state index contributed by atoms with van der Waals surface area (Å²) in [7, 11) is 0. The number of imide groups is 1. The Labute approximate surface area is 180 Å². The van der Waals surface area contributed by atoms with E-state index < -0.39 is 5.97 Å². The number of ether oxygens (including phenoxy) is 1. The molecule has 5 nitrogen and oxygen atoms in total. The molecule has 2 bridgehead atoms. The van der Waals surface area contributed by atoms with Crippen LogP contribution in [0.5, 0.6) is 5.75 Å². The first-order chi connectivity index (χ1) is 14.9. The molecule has 5 heteroatoms. The number of nitrogens with zero attached hydrogens (tertiary/aromatic N) is 1. The molecule has 2 aromatic rings. The van der Waals surface area contributed by atoms with Crippen LogP contribution in [0.3, 0.4) is 0 Å². The fourth-order valence-electron chi connectivity index (χ4n) is 6.12. The van der Waals surface area contributed by atoms with Gasteiger partial charge in [0.2, 0.25) is 11.8 Å². The van der Waals surface area contributed by atoms with Crippen molar-refractivity contribution in [2.24, 2.45) is 35.5 Å². The highest BCUT2D eigenvalue weighted by molar-refractivity contribution is 6.22. The maximum atomic E-state index is 13.2. The lowest BCUT2D eigenvalue weighted by molar-refractivity contribution is -0.124. The third kappa shape index (κ3) is 2.72. The van der Waals surface area contributed by atoms with E-state index in [1.165, 1.54) is 4.90 Å². The van der Waals surface area contributed by atoms with Crippen LogP contribution in [0, 0.1) is 49.4 Å². The third-order valence-corrected chi connectivity index (χ3v) is 7.43. The number of rotatable bonds is 3. The molecule has 5 aliphatic rings. The normalized spacial score (nSPS) is 32.1. The van der Waals surface area contributed by atoms with E-state index in [2.05, 4.69) is 12.2 Å². The molecular weight excluding hydrogens is 390 g/mol. The van der Waals surface area contributed by atoms with Crippen molar-refractivity contribution in [3.05, 3.63) is 71.3 Å². The van der Waals surface area contributed by atoms with Crippen LogP contribution in [0.2, 0.25) is 0 Å². The average Bonchev–Trinajstić information content (AvgIpc) is 3.51. The molecule has 7 rings (SSSR count). The van der Waals surface area contributed by atoms with Gasteiger partial charge in [0, 0.05) is 0 Å². The highest BCUT2D eigenvalue weighted by Crippen LogP contribution is 2.65. The molecule has 0 unspecified atom stereocenters. The van der Waals surface area contributed by atoms with Crippen LogP contribution in [0.1, 0.15) is 27.9 Å². The van der Waals surface area contributed by atoms with Gasteiger partial charge in [-0.05, 0) is 91.5 Å². The smallest absolute Gasteiger partial charge is 0.343 e. The number of aryl methyl sites for hydroxylation is 2. The minimum Gasteiger partial charge on any atom is -0.423 e. The van der Waals surface area contributed by atoms with E-state index in [1.54, 1.807) is 24.3 Å². The van der Waals surface area contributed by atoms with Crippen molar-refractivity contribution in [1.29, 1.82) is 0 Å². The summed E-state index contributed by atoms with van der Waals surface area (Å²) in [4.78, 5) is 40.3. The Bertz CT molecular complexity index is 1110. The Morgan fingerprint density at radius 3 is 1.97 bits per heavy atom. The van der Waals surface area contributed by atoms with Gasteiger partial charge in [-0.2, -0.15) is 0 Å². The Morgan fingerprint density at radius 2 is 1.42 bits per heavy atom. The van der Waals surface area contributed by atoms with Crippen molar-refractivity contribution in [2.75, 3.05) is 4.90 Å². The number of carbonyl (C=O) groups excluding carboxylic acids is 3. The molecule has 3 fully saturated rings. The van der Waals surface area contributed by atoms with Crippen molar-refractivity contribution in [1.82, 2.24) is 0 Å². The zero-order valence-corrected chi connectivity index (χ0v) is 17.4. The van der Waals surface area contributed by atoms with E-state index in [9.17, 15) is 14.4 Å². The Balaban J connectivity index is 1.23. The van der Waals surface area contributed by atoms with Crippen LogP contribution in [0.4, 0.5) is 5.69 Å². The van der Waals surface area contributed by atoms with Crippen LogP contribution < -0.4 is 9.64 Å². The minimum absolute atomic E-state index is 0.0923. The minimum atomic E-state index is -0.466. The summed E-state index contributed by atoms with van der Waals surface area (Å²) in [6.07, 6.45) is 5.48. The van der Waals surface area contributed by atoms with Crippen molar-refractivity contribution < 1.29 is 19.1 Å². The second kappa shape index (κ2) is 6.39. The number of esters is 1. The average molecular weight is 413 g/mol. The lowest BCUT2D eigenvalue weighted by Crippen LogP contribution is -2.40. The summed E-state index contributed by atoms with van der Waals surface area (Å²) in [5.74, 6) is 0.970. The van der Waals surface area contributed by atoms with E-state index in [0.717, 1.165) is 17.5 Å². The maximum Gasteiger partial charge on any atom is 0.343 e. The summed E-state index contributed by atoms with van der Waals surface area (Å²) >= 11 is 0. The molecule has 0 aromatic heterocycles. The predicted molar refractivity (Wildman–Crippen MR) is 115 cm³/mol. The molecule has 1 aliphatic heterocycles. The number of carbonyl (C=O) groups is 3. The van der Waals surface area contributed by atoms with Gasteiger partial charge in [0.1, 0.15) is 5.75 Å². The van der Waals surface area contributed by atoms with E-state index in [-0.39, 0.29) is 35.5 Å².